The van der Waals surface area contributed by atoms with Crippen LogP contribution >= 0.6 is 34.2 Å². The average molecular weight is 416 g/mol. The first-order chi connectivity index (χ1) is 9.88. The number of hydrogen-bond acceptors (Lipinski definition) is 3. The van der Waals surface area contributed by atoms with Gasteiger partial charge in [-0.15, -0.1) is 0 Å². The predicted molar refractivity (Wildman–Crippen MR) is 89.8 cm³/mol. The second-order valence-corrected chi connectivity index (χ2v) is 6.11. The monoisotopic (exact) mass is 415 g/mol. The minimum absolute atomic E-state index is 0.158. The summed E-state index contributed by atoms with van der Waals surface area (Å²) in [4.78, 5) is 23.3. The Morgan fingerprint density at radius 3 is 2.38 bits per heavy atom. The molecule has 21 heavy (non-hydrogen) atoms. The Labute approximate surface area is 140 Å². The molecule has 4 nitrogen and oxygen atoms in total. The third kappa shape index (κ3) is 3.74. The zero-order valence-corrected chi connectivity index (χ0v) is 13.7. The Morgan fingerprint density at radius 1 is 1.19 bits per heavy atom. The molecule has 0 amide bonds. The van der Waals surface area contributed by atoms with Crippen LogP contribution in [0.3, 0.4) is 0 Å². The molecule has 0 fully saturated rings. The molecular weight excluding hydrogens is 405 g/mol. The fourth-order valence-corrected chi connectivity index (χ4v) is 2.53. The summed E-state index contributed by atoms with van der Waals surface area (Å²) in [6.45, 7) is 0. The summed E-state index contributed by atoms with van der Waals surface area (Å²) in [6.07, 6.45) is -0.278. The summed E-state index contributed by atoms with van der Waals surface area (Å²) in [5.74, 6) is -1.31. The molecule has 0 aliphatic carbocycles. The molecule has 0 aliphatic rings. The molecule has 0 unspecified atom stereocenters. The van der Waals surface area contributed by atoms with Crippen LogP contribution in [0, 0.1) is 3.57 Å². The first kappa shape index (κ1) is 15.8. The number of nitrogen functional groups attached to an aromatic ring is 1. The molecule has 3 N–H and O–H groups in total. The van der Waals surface area contributed by atoms with Crippen molar-refractivity contribution in [2.75, 3.05) is 5.73 Å². The Morgan fingerprint density at radius 2 is 1.81 bits per heavy atom. The van der Waals surface area contributed by atoms with Gasteiger partial charge >= 0.3 is 5.97 Å². The summed E-state index contributed by atoms with van der Waals surface area (Å²) < 4.78 is 1.01. The molecular formula is C15H11ClINO3. The van der Waals surface area contributed by atoms with E-state index >= 15 is 0 Å². The molecule has 0 saturated carbocycles. The average Bonchev–Trinajstić information content (AvgIpc) is 2.42. The van der Waals surface area contributed by atoms with E-state index in [-0.39, 0.29) is 28.5 Å². The SMILES string of the molecule is Nc1c(CC(=O)O)cc(Cl)cc1C(=O)c1ccc(I)cc1. The molecule has 0 bridgehead atoms. The molecule has 0 aliphatic heterocycles. The van der Waals surface area contributed by atoms with E-state index in [0.29, 0.717) is 11.1 Å². The van der Waals surface area contributed by atoms with Crippen LogP contribution in [0.4, 0.5) is 5.69 Å². The lowest BCUT2D eigenvalue weighted by Gasteiger charge is -2.10. The lowest BCUT2D eigenvalue weighted by atomic mass is 9.98. The maximum Gasteiger partial charge on any atom is 0.307 e. The van der Waals surface area contributed by atoms with Gasteiger partial charge in [0.05, 0.1) is 6.42 Å². The van der Waals surface area contributed by atoms with Crippen LogP contribution in [0.2, 0.25) is 5.02 Å². The van der Waals surface area contributed by atoms with Gasteiger partial charge in [-0.2, -0.15) is 0 Å². The lowest BCUT2D eigenvalue weighted by Crippen LogP contribution is -2.10. The van der Waals surface area contributed by atoms with Crippen molar-refractivity contribution in [1.82, 2.24) is 0 Å². The number of aliphatic carboxylic acids is 1. The quantitative estimate of drug-likeness (QED) is 0.456. The van der Waals surface area contributed by atoms with Crippen molar-refractivity contribution in [1.29, 1.82) is 0 Å². The van der Waals surface area contributed by atoms with Crippen molar-refractivity contribution >= 4 is 51.6 Å². The number of carbonyl (C=O) groups excluding carboxylic acids is 1. The second-order valence-electron chi connectivity index (χ2n) is 4.43. The largest absolute Gasteiger partial charge is 0.481 e. The molecule has 0 heterocycles. The van der Waals surface area contributed by atoms with E-state index in [4.69, 9.17) is 22.4 Å². The van der Waals surface area contributed by atoms with Crippen LogP contribution in [0.15, 0.2) is 36.4 Å². The van der Waals surface area contributed by atoms with Crippen molar-refractivity contribution in [2.45, 2.75) is 6.42 Å². The highest BCUT2D eigenvalue weighted by Crippen LogP contribution is 2.26. The Hall–Kier alpha value is -1.60. The molecule has 0 atom stereocenters. The van der Waals surface area contributed by atoms with Crippen molar-refractivity contribution in [2.24, 2.45) is 0 Å². The third-order valence-corrected chi connectivity index (χ3v) is 3.86. The van der Waals surface area contributed by atoms with Crippen LogP contribution in [0.1, 0.15) is 21.5 Å². The maximum atomic E-state index is 12.5. The van der Waals surface area contributed by atoms with E-state index in [9.17, 15) is 9.59 Å². The van der Waals surface area contributed by atoms with E-state index < -0.39 is 5.97 Å². The molecule has 0 saturated heterocycles. The molecule has 0 radical (unpaired) electrons. The van der Waals surface area contributed by atoms with Gasteiger partial charge in [-0.1, -0.05) is 11.6 Å². The summed E-state index contributed by atoms with van der Waals surface area (Å²) in [6, 6.07) is 9.94. The summed E-state index contributed by atoms with van der Waals surface area (Å²) in [5, 5.41) is 9.16. The number of halogens is 2. The Bertz CT molecular complexity index is 714. The van der Waals surface area contributed by atoms with E-state index in [2.05, 4.69) is 22.6 Å². The van der Waals surface area contributed by atoms with Gasteiger partial charge in [-0.25, -0.2) is 0 Å². The number of carboxylic acid groups (broad SMARTS) is 1. The Kier molecular flexibility index (Phi) is 4.84. The second kappa shape index (κ2) is 6.44. The van der Waals surface area contributed by atoms with Gasteiger partial charge in [0.25, 0.3) is 0 Å². The van der Waals surface area contributed by atoms with Crippen LogP contribution in [-0.4, -0.2) is 16.9 Å². The summed E-state index contributed by atoms with van der Waals surface area (Å²) in [7, 11) is 0. The van der Waals surface area contributed by atoms with E-state index in [1.165, 1.54) is 12.1 Å². The highest BCUT2D eigenvalue weighted by molar-refractivity contribution is 14.1. The fourth-order valence-electron chi connectivity index (χ4n) is 1.93. The van der Waals surface area contributed by atoms with Gasteiger partial charge in [0.1, 0.15) is 0 Å². The number of anilines is 1. The highest BCUT2D eigenvalue weighted by Gasteiger charge is 2.17. The maximum absolute atomic E-state index is 12.5. The molecule has 108 valence electrons. The van der Waals surface area contributed by atoms with Crippen LogP contribution in [-0.2, 0) is 11.2 Å². The molecule has 2 aromatic rings. The number of benzene rings is 2. The van der Waals surface area contributed by atoms with Crippen molar-refractivity contribution in [3.8, 4) is 0 Å². The van der Waals surface area contributed by atoms with Gasteiger partial charge in [-0.3, -0.25) is 9.59 Å². The highest BCUT2D eigenvalue weighted by atomic mass is 127. The smallest absolute Gasteiger partial charge is 0.307 e. The van der Waals surface area contributed by atoms with E-state index in [0.717, 1.165) is 3.57 Å². The first-order valence-electron chi connectivity index (χ1n) is 5.98. The number of rotatable bonds is 4. The van der Waals surface area contributed by atoms with Crippen molar-refractivity contribution in [3.63, 3.8) is 0 Å². The van der Waals surface area contributed by atoms with E-state index in [1.807, 2.05) is 12.1 Å². The third-order valence-electron chi connectivity index (χ3n) is 2.92. The van der Waals surface area contributed by atoms with Crippen molar-refractivity contribution < 1.29 is 14.7 Å². The van der Waals surface area contributed by atoms with Crippen LogP contribution in [0.5, 0.6) is 0 Å². The molecule has 0 spiro atoms. The zero-order valence-electron chi connectivity index (χ0n) is 10.8. The lowest BCUT2D eigenvalue weighted by molar-refractivity contribution is -0.136. The number of hydrogen-bond donors (Lipinski definition) is 2. The number of carbonyl (C=O) groups is 2. The summed E-state index contributed by atoms with van der Waals surface area (Å²) >= 11 is 8.10. The van der Waals surface area contributed by atoms with Gasteiger partial charge in [-0.05, 0) is 64.6 Å². The van der Waals surface area contributed by atoms with Crippen molar-refractivity contribution in [3.05, 3.63) is 61.7 Å². The van der Waals surface area contributed by atoms with Gasteiger partial charge in [0.15, 0.2) is 5.78 Å². The number of carboxylic acids is 1. The van der Waals surface area contributed by atoms with Gasteiger partial charge < -0.3 is 10.8 Å². The molecule has 6 heteroatoms. The number of ketones is 1. The van der Waals surface area contributed by atoms with E-state index in [1.54, 1.807) is 12.1 Å². The molecule has 2 aromatic carbocycles. The van der Waals surface area contributed by atoms with Gasteiger partial charge in [0, 0.05) is 25.4 Å². The Balaban J connectivity index is 2.47. The molecule has 0 aromatic heterocycles. The van der Waals surface area contributed by atoms with Crippen LogP contribution < -0.4 is 5.73 Å². The topological polar surface area (TPSA) is 80.4 Å². The molecule has 2 rings (SSSR count). The standard InChI is InChI=1S/C15H11ClINO3/c16-10-5-9(6-13(19)20)14(18)12(7-10)15(21)8-1-3-11(17)4-2-8/h1-5,7H,6,18H2,(H,19,20). The van der Waals surface area contributed by atoms with Crippen LogP contribution in [0.25, 0.3) is 0 Å². The minimum atomic E-state index is -1.03. The predicted octanol–water partition coefficient (Wildman–Crippen LogP) is 3.38. The summed E-state index contributed by atoms with van der Waals surface area (Å²) in [5.41, 5.74) is 7.12. The van der Waals surface area contributed by atoms with Gasteiger partial charge in [0.2, 0.25) is 0 Å². The number of nitrogens with two attached hydrogens (primary N) is 1. The zero-order chi connectivity index (χ0) is 15.6. The fraction of sp³-hybridized carbons (Fsp3) is 0.0667. The first-order valence-corrected chi connectivity index (χ1v) is 7.44. The minimum Gasteiger partial charge on any atom is -0.481 e. The normalized spacial score (nSPS) is 10.4.